The molecule has 0 aliphatic carbocycles. The first-order valence-electron chi connectivity index (χ1n) is 23.3. The standard InChI is InChI=1S/C65H43N3/c1-5-18-44(19-6-1)51-36-52(45-20-7-2-8-21-45)39-55(38-51)68-62-30-15-13-28-56(62)58-34-32-49(43-65(58)68)48-33-35-64-59(40-48)57-29-14-16-31-63(57)67(64)54-27-17-26-50(37-54)61-42-53(46-22-9-3-10-23-46)41-60(66-61)47-24-11-4-12-25-47/h1-43H. The van der Waals surface area contributed by atoms with Crippen molar-refractivity contribution < 1.29 is 0 Å². The number of aromatic nitrogens is 3. The van der Waals surface area contributed by atoms with Crippen LogP contribution in [0.4, 0.5) is 0 Å². The van der Waals surface area contributed by atoms with E-state index in [0.29, 0.717) is 0 Å². The lowest BCUT2D eigenvalue weighted by Crippen LogP contribution is -1.96. The molecule has 13 rings (SSSR count). The Morgan fingerprint density at radius 3 is 1.25 bits per heavy atom. The zero-order chi connectivity index (χ0) is 45.0. The summed E-state index contributed by atoms with van der Waals surface area (Å²) in [5, 5.41) is 4.89. The second-order valence-electron chi connectivity index (χ2n) is 17.6. The minimum Gasteiger partial charge on any atom is -0.309 e. The summed E-state index contributed by atoms with van der Waals surface area (Å²) in [5.41, 5.74) is 20.3. The van der Waals surface area contributed by atoms with Crippen molar-refractivity contribution in [2.45, 2.75) is 0 Å². The van der Waals surface area contributed by atoms with E-state index in [9.17, 15) is 0 Å². The van der Waals surface area contributed by atoms with E-state index in [0.717, 1.165) is 56.0 Å². The Balaban J connectivity index is 0.951. The van der Waals surface area contributed by atoms with Crippen LogP contribution >= 0.6 is 0 Å². The Kier molecular flexibility index (Phi) is 9.50. The maximum atomic E-state index is 5.28. The Morgan fingerprint density at radius 1 is 0.206 bits per heavy atom. The van der Waals surface area contributed by atoms with Crippen LogP contribution in [0.3, 0.4) is 0 Å². The van der Waals surface area contributed by atoms with Gasteiger partial charge in [0, 0.05) is 44.0 Å². The van der Waals surface area contributed by atoms with Gasteiger partial charge >= 0.3 is 0 Å². The minimum atomic E-state index is 0.936. The molecular weight excluding hydrogens is 823 g/mol. The number of hydrogen-bond donors (Lipinski definition) is 0. The van der Waals surface area contributed by atoms with Gasteiger partial charge in [0.05, 0.1) is 33.5 Å². The first-order valence-corrected chi connectivity index (χ1v) is 23.3. The van der Waals surface area contributed by atoms with Gasteiger partial charge in [-0.15, -0.1) is 0 Å². The largest absolute Gasteiger partial charge is 0.309 e. The van der Waals surface area contributed by atoms with Crippen LogP contribution in [0.5, 0.6) is 0 Å². The highest BCUT2D eigenvalue weighted by atomic mass is 15.0. The predicted molar refractivity (Wildman–Crippen MR) is 286 cm³/mol. The summed E-state index contributed by atoms with van der Waals surface area (Å²) in [4.78, 5) is 5.28. The van der Waals surface area contributed by atoms with Gasteiger partial charge < -0.3 is 9.13 Å². The summed E-state index contributed by atoms with van der Waals surface area (Å²) >= 11 is 0. The lowest BCUT2D eigenvalue weighted by molar-refractivity contribution is 1.18. The maximum Gasteiger partial charge on any atom is 0.0716 e. The van der Waals surface area contributed by atoms with Gasteiger partial charge in [-0.2, -0.15) is 0 Å². The molecule has 0 radical (unpaired) electrons. The van der Waals surface area contributed by atoms with Gasteiger partial charge in [-0.05, 0) is 117 Å². The summed E-state index contributed by atoms with van der Waals surface area (Å²) < 4.78 is 4.86. The number of nitrogens with zero attached hydrogens (tertiary/aromatic N) is 3. The maximum absolute atomic E-state index is 5.28. The topological polar surface area (TPSA) is 22.8 Å². The lowest BCUT2D eigenvalue weighted by atomic mass is 9.98. The van der Waals surface area contributed by atoms with Gasteiger partial charge in [-0.3, -0.25) is 0 Å². The van der Waals surface area contributed by atoms with E-state index in [1.165, 1.54) is 66.0 Å². The highest BCUT2D eigenvalue weighted by molar-refractivity contribution is 6.12. The lowest BCUT2D eigenvalue weighted by Gasteiger charge is -2.14. The van der Waals surface area contributed by atoms with E-state index in [1.54, 1.807) is 0 Å². The van der Waals surface area contributed by atoms with Gasteiger partial charge in [0.25, 0.3) is 0 Å². The molecule has 0 saturated carbocycles. The Labute approximate surface area is 395 Å². The normalized spacial score (nSPS) is 11.5. The van der Waals surface area contributed by atoms with Gasteiger partial charge in [-0.1, -0.05) is 188 Å². The smallest absolute Gasteiger partial charge is 0.0716 e. The average Bonchev–Trinajstić information content (AvgIpc) is 3.94. The van der Waals surface area contributed by atoms with Crippen molar-refractivity contribution in [2.24, 2.45) is 0 Å². The van der Waals surface area contributed by atoms with Crippen LogP contribution < -0.4 is 0 Å². The number of fused-ring (bicyclic) bond motifs is 6. The first kappa shape index (κ1) is 39.3. The molecule has 0 saturated heterocycles. The molecule has 0 N–H and O–H groups in total. The van der Waals surface area contributed by atoms with E-state index in [4.69, 9.17) is 4.98 Å². The Morgan fingerprint density at radius 2 is 0.632 bits per heavy atom. The fourth-order valence-electron chi connectivity index (χ4n) is 10.2. The third-order valence-electron chi connectivity index (χ3n) is 13.5. The van der Waals surface area contributed by atoms with Crippen LogP contribution in [-0.4, -0.2) is 14.1 Å². The van der Waals surface area contributed by atoms with Crippen molar-refractivity contribution in [3.63, 3.8) is 0 Å². The molecule has 3 nitrogen and oxygen atoms in total. The van der Waals surface area contributed by atoms with Crippen LogP contribution in [0, 0.1) is 0 Å². The summed E-state index contributed by atoms with van der Waals surface area (Å²) in [6, 6.07) is 94.3. The van der Waals surface area contributed by atoms with Gasteiger partial charge in [0.1, 0.15) is 0 Å². The predicted octanol–water partition coefficient (Wildman–Crippen LogP) is 17.3. The summed E-state index contributed by atoms with van der Waals surface area (Å²) in [6.07, 6.45) is 0. The van der Waals surface area contributed by atoms with Crippen LogP contribution in [0.25, 0.3) is 122 Å². The molecular formula is C65H43N3. The van der Waals surface area contributed by atoms with Crippen molar-refractivity contribution in [1.29, 1.82) is 0 Å². The van der Waals surface area contributed by atoms with Crippen molar-refractivity contribution in [3.05, 3.63) is 261 Å². The molecule has 10 aromatic carbocycles. The van der Waals surface area contributed by atoms with Crippen molar-refractivity contribution >= 4 is 43.6 Å². The molecule has 0 amide bonds. The summed E-state index contributed by atoms with van der Waals surface area (Å²) in [5.74, 6) is 0. The monoisotopic (exact) mass is 865 g/mol. The molecule has 0 fully saturated rings. The zero-order valence-corrected chi connectivity index (χ0v) is 37.2. The Bertz CT molecular complexity index is 3880. The van der Waals surface area contributed by atoms with E-state index in [1.807, 2.05) is 0 Å². The average molecular weight is 866 g/mol. The van der Waals surface area contributed by atoms with Crippen LogP contribution in [0.15, 0.2) is 261 Å². The van der Waals surface area contributed by atoms with E-state index >= 15 is 0 Å². The number of hydrogen-bond acceptors (Lipinski definition) is 1. The van der Waals surface area contributed by atoms with E-state index in [-0.39, 0.29) is 0 Å². The summed E-state index contributed by atoms with van der Waals surface area (Å²) in [6.45, 7) is 0. The highest BCUT2D eigenvalue weighted by Crippen LogP contribution is 2.40. The zero-order valence-electron chi connectivity index (χ0n) is 37.2. The molecule has 68 heavy (non-hydrogen) atoms. The van der Waals surface area contributed by atoms with Crippen molar-refractivity contribution in [3.8, 4) is 78.4 Å². The fraction of sp³-hybridized carbons (Fsp3) is 0. The molecule has 3 aromatic heterocycles. The first-order chi connectivity index (χ1) is 33.7. The van der Waals surface area contributed by atoms with E-state index in [2.05, 4.69) is 270 Å². The highest BCUT2D eigenvalue weighted by Gasteiger charge is 2.18. The van der Waals surface area contributed by atoms with Crippen LogP contribution in [0.2, 0.25) is 0 Å². The molecule has 3 heteroatoms. The Hall–Kier alpha value is -9.05. The molecule has 0 bridgehead atoms. The molecule has 0 spiro atoms. The SMILES string of the molecule is c1ccc(-c2cc(-c3ccccc3)cc(-n3c4ccccc4c4ccc(-c5ccc6c(c5)c5ccccc5n6-c5cccc(-c6cc(-c7ccccc7)cc(-c7ccccc7)n6)c5)cc43)c2)cc1. The quantitative estimate of drug-likeness (QED) is 0.149. The van der Waals surface area contributed by atoms with Gasteiger partial charge in [0.15, 0.2) is 0 Å². The number of pyridine rings is 1. The number of benzene rings is 10. The minimum absolute atomic E-state index is 0.936. The molecule has 3 heterocycles. The molecule has 0 aliphatic heterocycles. The van der Waals surface area contributed by atoms with Crippen molar-refractivity contribution in [1.82, 2.24) is 14.1 Å². The summed E-state index contributed by atoms with van der Waals surface area (Å²) in [7, 11) is 0. The third-order valence-corrected chi connectivity index (χ3v) is 13.5. The van der Waals surface area contributed by atoms with Crippen LogP contribution in [-0.2, 0) is 0 Å². The number of rotatable bonds is 8. The van der Waals surface area contributed by atoms with Gasteiger partial charge in [0.2, 0.25) is 0 Å². The molecule has 0 atom stereocenters. The molecule has 13 aromatic rings. The molecule has 0 unspecified atom stereocenters. The molecule has 0 aliphatic rings. The van der Waals surface area contributed by atoms with Gasteiger partial charge in [-0.25, -0.2) is 4.98 Å². The van der Waals surface area contributed by atoms with Crippen LogP contribution in [0.1, 0.15) is 0 Å². The molecule has 318 valence electrons. The second-order valence-corrected chi connectivity index (χ2v) is 17.6. The van der Waals surface area contributed by atoms with E-state index < -0.39 is 0 Å². The third kappa shape index (κ3) is 6.88. The number of para-hydroxylation sites is 2. The fourth-order valence-corrected chi connectivity index (χ4v) is 10.2. The second kappa shape index (κ2) is 16.4. The van der Waals surface area contributed by atoms with Crippen molar-refractivity contribution in [2.75, 3.05) is 0 Å².